The van der Waals surface area contributed by atoms with Gasteiger partial charge in [0.25, 0.3) is 0 Å². The molecule has 1 rings (SSSR count). The molecule has 1 N–H and O–H groups in total. The van der Waals surface area contributed by atoms with Crippen molar-refractivity contribution in [1.82, 2.24) is 5.32 Å². The van der Waals surface area contributed by atoms with Gasteiger partial charge in [-0.3, -0.25) is 4.79 Å². The van der Waals surface area contributed by atoms with Gasteiger partial charge in [-0.2, -0.15) is 0 Å². The molecule has 1 heterocycles. The van der Waals surface area contributed by atoms with Gasteiger partial charge in [0, 0.05) is 33.3 Å². The van der Waals surface area contributed by atoms with E-state index in [4.69, 9.17) is 9.47 Å². The Morgan fingerprint density at radius 3 is 2.87 bits per heavy atom. The molecule has 0 aliphatic carbocycles. The van der Waals surface area contributed by atoms with Crippen molar-refractivity contribution >= 4 is 5.91 Å². The van der Waals surface area contributed by atoms with Crippen molar-refractivity contribution in [3.8, 4) is 0 Å². The van der Waals surface area contributed by atoms with Crippen molar-refractivity contribution in [2.45, 2.75) is 25.7 Å². The fourth-order valence-electron chi connectivity index (χ4n) is 1.75. The fraction of sp³-hybridized carbons (Fsp3) is 0.909. The van der Waals surface area contributed by atoms with Gasteiger partial charge in [0.05, 0.1) is 6.61 Å². The van der Waals surface area contributed by atoms with Crippen LogP contribution in [-0.2, 0) is 14.3 Å². The molecule has 0 unspecified atom stereocenters. The molecule has 0 aromatic heterocycles. The van der Waals surface area contributed by atoms with Crippen molar-refractivity contribution in [2.24, 2.45) is 5.92 Å². The summed E-state index contributed by atoms with van der Waals surface area (Å²) in [5.41, 5.74) is 0. The van der Waals surface area contributed by atoms with Crippen LogP contribution in [0.3, 0.4) is 0 Å². The Kier molecular flexibility index (Phi) is 6.36. The van der Waals surface area contributed by atoms with E-state index in [2.05, 4.69) is 5.32 Å². The van der Waals surface area contributed by atoms with E-state index in [1.54, 1.807) is 7.11 Å². The summed E-state index contributed by atoms with van der Waals surface area (Å²) < 4.78 is 10.1. The quantitative estimate of drug-likeness (QED) is 0.671. The highest BCUT2D eigenvalue weighted by Gasteiger charge is 2.14. The summed E-state index contributed by atoms with van der Waals surface area (Å²) in [6, 6.07) is 0. The Labute approximate surface area is 91.3 Å². The second kappa shape index (κ2) is 7.65. The number of carbonyl (C=O) groups is 1. The highest BCUT2D eigenvalue weighted by Crippen LogP contribution is 2.19. The highest BCUT2D eigenvalue weighted by molar-refractivity contribution is 5.75. The normalized spacial score (nSPS) is 17.7. The SMILES string of the molecule is COCCNC(=O)CCC1CCOCC1. The topological polar surface area (TPSA) is 47.6 Å². The Bertz CT molecular complexity index is 179. The number of hydrogen-bond donors (Lipinski definition) is 1. The molecule has 0 atom stereocenters. The molecule has 88 valence electrons. The van der Waals surface area contributed by atoms with Gasteiger partial charge in [-0.25, -0.2) is 0 Å². The van der Waals surface area contributed by atoms with Gasteiger partial charge in [0.15, 0.2) is 0 Å². The lowest BCUT2D eigenvalue weighted by Gasteiger charge is -2.21. The predicted molar refractivity (Wildman–Crippen MR) is 57.7 cm³/mol. The lowest BCUT2D eigenvalue weighted by molar-refractivity contribution is -0.121. The molecular formula is C11H21NO3. The molecule has 0 bridgehead atoms. The third-order valence-electron chi connectivity index (χ3n) is 2.75. The molecule has 0 spiro atoms. The van der Waals surface area contributed by atoms with E-state index in [0.29, 0.717) is 25.5 Å². The van der Waals surface area contributed by atoms with Crippen molar-refractivity contribution < 1.29 is 14.3 Å². The van der Waals surface area contributed by atoms with Gasteiger partial charge < -0.3 is 14.8 Å². The van der Waals surface area contributed by atoms with Crippen LogP contribution in [0.1, 0.15) is 25.7 Å². The Hall–Kier alpha value is -0.610. The van der Waals surface area contributed by atoms with Gasteiger partial charge in [-0.05, 0) is 25.2 Å². The van der Waals surface area contributed by atoms with Crippen LogP contribution in [0.15, 0.2) is 0 Å². The average Bonchev–Trinajstić information content (AvgIpc) is 2.28. The van der Waals surface area contributed by atoms with Gasteiger partial charge in [0.2, 0.25) is 5.91 Å². The summed E-state index contributed by atoms with van der Waals surface area (Å²) in [6.45, 7) is 2.91. The lowest BCUT2D eigenvalue weighted by atomic mass is 9.95. The summed E-state index contributed by atoms with van der Waals surface area (Å²) in [5.74, 6) is 0.811. The molecule has 1 amide bonds. The van der Waals surface area contributed by atoms with Gasteiger partial charge in [0.1, 0.15) is 0 Å². The smallest absolute Gasteiger partial charge is 0.220 e. The largest absolute Gasteiger partial charge is 0.383 e. The highest BCUT2D eigenvalue weighted by atomic mass is 16.5. The maximum Gasteiger partial charge on any atom is 0.220 e. The van der Waals surface area contributed by atoms with Gasteiger partial charge in [-0.1, -0.05) is 0 Å². The maximum atomic E-state index is 11.4. The van der Waals surface area contributed by atoms with Crippen LogP contribution in [0.4, 0.5) is 0 Å². The average molecular weight is 215 g/mol. The van der Waals surface area contributed by atoms with Crippen LogP contribution in [0.5, 0.6) is 0 Å². The number of hydrogen-bond acceptors (Lipinski definition) is 3. The van der Waals surface area contributed by atoms with Crippen LogP contribution in [-0.4, -0.2) is 39.4 Å². The fourth-order valence-corrected chi connectivity index (χ4v) is 1.75. The first kappa shape index (κ1) is 12.5. The molecular weight excluding hydrogens is 194 g/mol. The number of rotatable bonds is 6. The van der Waals surface area contributed by atoms with Crippen molar-refractivity contribution in [1.29, 1.82) is 0 Å². The third kappa shape index (κ3) is 5.74. The first-order chi connectivity index (χ1) is 7.33. The predicted octanol–water partition coefficient (Wildman–Crippen LogP) is 0.956. The van der Waals surface area contributed by atoms with Gasteiger partial charge >= 0.3 is 0 Å². The standard InChI is InChI=1S/C11H21NO3/c1-14-9-6-12-11(13)3-2-10-4-7-15-8-5-10/h10H,2-9H2,1H3,(H,12,13). The number of amides is 1. The minimum atomic E-state index is 0.138. The van der Waals surface area contributed by atoms with Crippen molar-refractivity contribution in [3.05, 3.63) is 0 Å². The molecule has 1 fully saturated rings. The van der Waals surface area contributed by atoms with Gasteiger partial charge in [-0.15, -0.1) is 0 Å². The van der Waals surface area contributed by atoms with E-state index < -0.39 is 0 Å². The molecule has 0 aromatic carbocycles. The zero-order valence-electron chi connectivity index (χ0n) is 9.46. The lowest BCUT2D eigenvalue weighted by Crippen LogP contribution is -2.27. The van der Waals surface area contributed by atoms with E-state index in [0.717, 1.165) is 32.5 Å². The number of carbonyl (C=O) groups excluding carboxylic acids is 1. The number of ether oxygens (including phenoxy) is 2. The molecule has 0 radical (unpaired) electrons. The summed E-state index contributed by atoms with van der Waals surface area (Å²) in [4.78, 5) is 11.4. The van der Waals surface area contributed by atoms with E-state index in [-0.39, 0.29) is 5.91 Å². The summed E-state index contributed by atoms with van der Waals surface area (Å²) in [5, 5.41) is 2.83. The molecule has 1 saturated heterocycles. The zero-order chi connectivity index (χ0) is 10.9. The molecule has 4 heteroatoms. The zero-order valence-corrected chi connectivity index (χ0v) is 9.46. The van der Waals surface area contributed by atoms with Crippen molar-refractivity contribution in [2.75, 3.05) is 33.5 Å². The Morgan fingerprint density at radius 2 is 2.20 bits per heavy atom. The van der Waals surface area contributed by atoms with Crippen LogP contribution >= 0.6 is 0 Å². The minimum Gasteiger partial charge on any atom is -0.383 e. The molecule has 1 aliphatic heterocycles. The summed E-state index contributed by atoms with van der Waals surface area (Å²) in [7, 11) is 1.63. The second-order valence-corrected chi connectivity index (χ2v) is 3.94. The maximum absolute atomic E-state index is 11.4. The first-order valence-electron chi connectivity index (χ1n) is 5.66. The molecule has 1 aliphatic rings. The minimum absolute atomic E-state index is 0.138. The van der Waals surface area contributed by atoms with Crippen LogP contribution in [0, 0.1) is 5.92 Å². The Morgan fingerprint density at radius 1 is 1.47 bits per heavy atom. The van der Waals surface area contributed by atoms with Crippen LogP contribution in [0.25, 0.3) is 0 Å². The number of nitrogens with one attached hydrogen (secondary N) is 1. The van der Waals surface area contributed by atoms with E-state index >= 15 is 0 Å². The van der Waals surface area contributed by atoms with Crippen molar-refractivity contribution in [3.63, 3.8) is 0 Å². The Balaban J connectivity index is 2.00. The summed E-state index contributed by atoms with van der Waals surface area (Å²) >= 11 is 0. The monoisotopic (exact) mass is 215 g/mol. The van der Waals surface area contributed by atoms with E-state index in [9.17, 15) is 4.79 Å². The van der Waals surface area contributed by atoms with E-state index in [1.807, 2.05) is 0 Å². The third-order valence-corrected chi connectivity index (χ3v) is 2.75. The molecule has 15 heavy (non-hydrogen) atoms. The molecule has 4 nitrogen and oxygen atoms in total. The first-order valence-corrected chi connectivity index (χ1v) is 5.66. The molecule has 0 saturated carbocycles. The second-order valence-electron chi connectivity index (χ2n) is 3.94. The van der Waals surface area contributed by atoms with Crippen LogP contribution < -0.4 is 5.32 Å². The van der Waals surface area contributed by atoms with Crippen LogP contribution in [0.2, 0.25) is 0 Å². The molecule has 0 aromatic rings. The summed E-state index contributed by atoms with van der Waals surface area (Å²) in [6.07, 6.45) is 3.83. The van der Waals surface area contributed by atoms with E-state index in [1.165, 1.54) is 0 Å². The number of methoxy groups -OCH3 is 1.